The van der Waals surface area contributed by atoms with Gasteiger partial charge in [0.05, 0.1) is 6.42 Å². The summed E-state index contributed by atoms with van der Waals surface area (Å²) in [4.78, 5) is 11.4. The number of hydrogen-bond acceptors (Lipinski definition) is 3. The van der Waals surface area contributed by atoms with Gasteiger partial charge in [-0.05, 0) is 27.7 Å². The molecule has 1 atom stereocenters. The van der Waals surface area contributed by atoms with Crippen molar-refractivity contribution in [2.24, 2.45) is 5.41 Å². The first kappa shape index (κ1) is 14.2. The number of carbonyl (C=O) groups is 1. The molecule has 86 valence electrons. The summed E-state index contributed by atoms with van der Waals surface area (Å²) >= 11 is 0. The van der Waals surface area contributed by atoms with Gasteiger partial charge in [-0.15, -0.1) is 0 Å². The van der Waals surface area contributed by atoms with Gasteiger partial charge in [-0.25, -0.2) is 8.42 Å². The van der Waals surface area contributed by atoms with Crippen LogP contribution in [0.5, 0.6) is 0 Å². The van der Waals surface area contributed by atoms with Crippen molar-refractivity contribution in [2.45, 2.75) is 39.4 Å². The standard InChI is InChI=1S/C11H18O3S/c1-9(15(5,13)14)10(12)7-6-8-11(2,3)4/h9H,7H2,1-5H3. The first-order valence-corrected chi connectivity index (χ1v) is 6.71. The highest BCUT2D eigenvalue weighted by molar-refractivity contribution is 7.92. The Hall–Kier alpha value is -0.820. The average molecular weight is 230 g/mol. The minimum absolute atomic E-state index is 0.00546. The maximum absolute atomic E-state index is 11.4. The Morgan fingerprint density at radius 3 is 2.13 bits per heavy atom. The van der Waals surface area contributed by atoms with Crippen LogP contribution in [-0.2, 0) is 14.6 Å². The number of ketones is 1. The number of hydrogen-bond donors (Lipinski definition) is 0. The third-order valence-electron chi connectivity index (χ3n) is 1.82. The van der Waals surface area contributed by atoms with E-state index >= 15 is 0 Å². The van der Waals surface area contributed by atoms with E-state index in [2.05, 4.69) is 11.8 Å². The summed E-state index contributed by atoms with van der Waals surface area (Å²) in [5.41, 5.74) is -0.158. The number of Topliss-reactive ketones (excluding diaryl/α,β-unsaturated/α-hetero) is 1. The monoisotopic (exact) mass is 230 g/mol. The van der Waals surface area contributed by atoms with Crippen molar-refractivity contribution < 1.29 is 13.2 Å². The van der Waals surface area contributed by atoms with E-state index in [9.17, 15) is 13.2 Å². The maximum atomic E-state index is 11.4. The van der Waals surface area contributed by atoms with Crippen LogP contribution in [0.3, 0.4) is 0 Å². The van der Waals surface area contributed by atoms with Crippen molar-refractivity contribution in [3.63, 3.8) is 0 Å². The second kappa shape index (κ2) is 4.80. The largest absolute Gasteiger partial charge is 0.297 e. The molecule has 1 unspecified atom stereocenters. The second-order valence-corrected chi connectivity index (χ2v) is 7.03. The van der Waals surface area contributed by atoms with Crippen LogP contribution in [0.2, 0.25) is 0 Å². The van der Waals surface area contributed by atoms with Gasteiger partial charge in [0.25, 0.3) is 0 Å². The fourth-order valence-electron chi connectivity index (χ4n) is 0.779. The molecule has 0 saturated carbocycles. The highest BCUT2D eigenvalue weighted by Gasteiger charge is 2.22. The van der Waals surface area contributed by atoms with Gasteiger partial charge in [-0.1, -0.05) is 11.8 Å². The van der Waals surface area contributed by atoms with Gasteiger partial charge in [-0.3, -0.25) is 4.79 Å². The van der Waals surface area contributed by atoms with Gasteiger partial charge in [0.2, 0.25) is 0 Å². The molecule has 0 aromatic rings. The normalized spacial score (nSPS) is 13.9. The Morgan fingerprint density at radius 2 is 1.80 bits per heavy atom. The molecule has 0 amide bonds. The van der Waals surface area contributed by atoms with Crippen LogP contribution in [0.4, 0.5) is 0 Å². The molecule has 0 aliphatic heterocycles. The predicted molar refractivity (Wildman–Crippen MR) is 61.2 cm³/mol. The smallest absolute Gasteiger partial charge is 0.162 e. The number of carbonyl (C=O) groups excluding carboxylic acids is 1. The lowest BCUT2D eigenvalue weighted by Crippen LogP contribution is -2.25. The van der Waals surface area contributed by atoms with Crippen molar-refractivity contribution in [2.75, 3.05) is 6.26 Å². The fraction of sp³-hybridized carbons (Fsp3) is 0.727. The molecule has 0 fully saturated rings. The highest BCUT2D eigenvalue weighted by Crippen LogP contribution is 2.10. The van der Waals surface area contributed by atoms with Crippen LogP contribution in [0.25, 0.3) is 0 Å². The molecular weight excluding hydrogens is 212 g/mol. The predicted octanol–water partition coefficient (Wildman–Crippen LogP) is 1.43. The molecule has 0 spiro atoms. The molecule has 0 N–H and O–H groups in total. The van der Waals surface area contributed by atoms with Gasteiger partial charge < -0.3 is 0 Å². The lowest BCUT2D eigenvalue weighted by molar-refractivity contribution is -0.117. The molecule has 0 aromatic carbocycles. The third kappa shape index (κ3) is 6.29. The van der Waals surface area contributed by atoms with E-state index in [4.69, 9.17) is 0 Å². The lowest BCUT2D eigenvalue weighted by atomic mass is 9.97. The zero-order valence-corrected chi connectivity index (χ0v) is 10.7. The van der Waals surface area contributed by atoms with Crippen LogP contribution in [0.1, 0.15) is 34.1 Å². The summed E-state index contributed by atoms with van der Waals surface area (Å²) in [6.07, 6.45) is 1.07. The van der Waals surface area contributed by atoms with Gasteiger partial charge in [0.15, 0.2) is 15.6 Å². The number of sulfone groups is 1. The van der Waals surface area contributed by atoms with Crippen LogP contribution in [0, 0.1) is 17.3 Å². The van der Waals surface area contributed by atoms with Gasteiger partial charge >= 0.3 is 0 Å². The Bertz CT molecular complexity index is 388. The van der Waals surface area contributed by atoms with E-state index in [0.717, 1.165) is 6.26 Å². The van der Waals surface area contributed by atoms with E-state index in [1.165, 1.54) is 6.92 Å². The Morgan fingerprint density at radius 1 is 1.33 bits per heavy atom. The Kier molecular flexibility index (Phi) is 4.54. The van der Waals surface area contributed by atoms with Gasteiger partial charge in [0.1, 0.15) is 5.25 Å². The third-order valence-corrected chi connectivity index (χ3v) is 3.37. The maximum Gasteiger partial charge on any atom is 0.162 e. The van der Waals surface area contributed by atoms with E-state index in [1.807, 2.05) is 20.8 Å². The first-order chi connectivity index (χ1) is 6.54. The summed E-state index contributed by atoms with van der Waals surface area (Å²) < 4.78 is 22.1. The summed E-state index contributed by atoms with van der Waals surface area (Å²) in [7, 11) is -3.29. The van der Waals surface area contributed by atoms with Crippen LogP contribution >= 0.6 is 0 Å². The fourth-order valence-corrected chi connectivity index (χ4v) is 1.34. The zero-order chi connectivity index (χ0) is 12.3. The van der Waals surface area contributed by atoms with E-state index in [1.54, 1.807) is 0 Å². The Balaban J connectivity index is 4.46. The molecule has 15 heavy (non-hydrogen) atoms. The van der Waals surface area contributed by atoms with E-state index in [-0.39, 0.29) is 17.6 Å². The molecule has 4 heteroatoms. The quantitative estimate of drug-likeness (QED) is 0.689. The molecule has 0 rings (SSSR count). The summed E-state index contributed by atoms with van der Waals surface area (Å²) in [5, 5.41) is -0.952. The lowest BCUT2D eigenvalue weighted by Gasteiger charge is -2.07. The molecule has 0 saturated heterocycles. The SMILES string of the molecule is CC(C(=O)CC#CC(C)(C)C)S(C)(=O)=O. The minimum atomic E-state index is -3.29. The molecule has 0 aromatic heterocycles. The van der Waals surface area contributed by atoms with Crippen molar-refractivity contribution in [1.29, 1.82) is 0 Å². The van der Waals surface area contributed by atoms with E-state index < -0.39 is 15.1 Å². The molecule has 3 nitrogen and oxygen atoms in total. The average Bonchev–Trinajstić information content (AvgIpc) is 1.98. The number of rotatable bonds is 3. The van der Waals surface area contributed by atoms with Crippen molar-refractivity contribution in [3.8, 4) is 11.8 Å². The van der Waals surface area contributed by atoms with E-state index in [0.29, 0.717) is 0 Å². The van der Waals surface area contributed by atoms with Crippen LogP contribution < -0.4 is 0 Å². The summed E-state index contributed by atoms with van der Waals surface area (Å²) in [6.45, 7) is 7.20. The Labute approximate surface area is 92.2 Å². The zero-order valence-electron chi connectivity index (χ0n) is 9.92. The van der Waals surface area contributed by atoms with Crippen molar-refractivity contribution in [3.05, 3.63) is 0 Å². The minimum Gasteiger partial charge on any atom is -0.297 e. The summed E-state index contributed by atoms with van der Waals surface area (Å²) in [6, 6.07) is 0. The van der Waals surface area contributed by atoms with Gasteiger partial charge in [0, 0.05) is 11.7 Å². The summed E-state index contributed by atoms with van der Waals surface area (Å²) in [5.74, 6) is 5.27. The molecule has 0 aliphatic rings. The topological polar surface area (TPSA) is 51.2 Å². The van der Waals surface area contributed by atoms with Crippen LogP contribution in [-0.4, -0.2) is 25.7 Å². The molecule has 0 heterocycles. The van der Waals surface area contributed by atoms with Crippen LogP contribution in [0.15, 0.2) is 0 Å². The highest BCUT2D eigenvalue weighted by atomic mass is 32.2. The first-order valence-electron chi connectivity index (χ1n) is 4.75. The molecular formula is C11H18O3S. The second-order valence-electron chi connectivity index (χ2n) is 4.67. The van der Waals surface area contributed by atoms with Crippen molar-refractivity contribution in [1.82, 2.24) is 0 Å². The molecule has 0 aliphatic carbocycles. The van der Waals surface area contributed by atoms with Gasteiger partial charge in [-0.2, -0.15) is 0 Å². The molecule has 0 radical (unpaired) electrons. The van der Waals surface area contributed by atoms with Crippen molar-refractivity contribution >= 4 is 15.6 Å². The molecule has 0 bridgehead atoms.